The van der Waals surface area contributed by atoms with Crippen molar-refractivity contribution in [2.24, 2.45) is 0 Å². The Balaban J connectivity index is 2.25. The molecule has 2 unspecified atom stereocenters. The van der Waals surface area contributed by atoms with E-state index >= 15 is 0 Å². The topological polar surface area (TPSA) is 44.8 Å². The van der Waals surface area contributed by atoms with Gasteiger partial charge in [-0.2, -0.15) is 0 Å². The third-order valence-electron chi connectivity index (χ3n) is 1.84. The minimum absolute atomic E-state index is 0.0813. The fourth-order valence-electron chi connectivity index (χ4n) is 1.18. The highest BCUT2D eigenvalue weighted by molar-refractivity contribution is 7.17. The molecule has 0 amide bonds. The van der Waals surface area contributed by atoms with Crippen molar-refractivity contribution < 1.29 is 18.9 Å². The van der Waals surface area contributed by atoms with Crippen molar-refractivity contribution in [2.45, 2.75) is 6.10 Å². The van der Waals surface area contributed by atoms with Gasteiger partial charge in [0.15, 0.2) is 0 Å². The molecule has 0 aromatic heterocycles. The van der Waals surface area contributed by atoms with Crippen LogP contribution in [0.2, 0.25) is 0 Å². The maximum atomic E-state index is 10.4. The Morgan fingerprint density at radius 2 is 2.23 bits per heavy atom. The number of para-hydroxylation sites is 1. The van der Waals surface area contributed by atoms with Gasteiger partial charge in [-0.05, 0) is 6.07 Å². The second kappa shape index (κ2) is 3.92. The summed E-state index contributed by atoms with van der Waals surface area (Å²) in [5, 5.41) is 0. The van der Waals surface area contributed by atoms with E-state index in [9.17, 15) is 4.57 Å². The molecule has 1 aromatic carbocycles. The zero-order chi connectivity index (χ0) is 9.10. The Morgan fingerprint density at radius 1 is 1.46 bits per heavy atom. The molecule has 2 rings (SSSR count). The summed E-state index contributed by atoms with van der Waals surface area (Å²) in [6.45, 7) is 0.522. The summed E-state index contributed by atoms with van der Waals surface area (Å²) in [6, 6.07) is 7.34. The van der Waals surface area contributed by atoms with Crippen LogP contribution >= 0.6 is 8.69 Å². The van der Waals surface area contributed by atoms with E-state index in [2.05, 4.69) is 4.89 Å². The van der Waals surface area contributed by atoms with Crippen molar-refractivity contribution in [3.8, 4) is 5.75 Å². The predicted octanol–water partition coefficient (Wildman–Crippen LogP) is 1.74. The lowest BCUT2D eigenvalue weighted by molar-refractivity contribution is -0.429. The van der Waals surface area contributed by atoms with Crippen molar-refractivity contribution in [3.63, 3.8) is 0 Å². The molecule has 1 aliphatic rings. The first-order valence-corrected chi connectivity index (χ1v) is 4.83. The Morgan fingerprint density at radius 3 is 2.85 bits per heavy atom. The van der Waals surface area contributed by atoms with E-state index in [1.54, 1.807) is 6.07 Å². The molecule has 0 aliphatic carbocycles. The predicted molar refractivity (Wildman–Crippen MR) is 47.2 cm³/mol. The van der Waals surface area contributed by atoms with E-state index in [-0.39, 0.29) is 6.10 Å². The molecule has 1 saturated heterocycles. The van der Waals surface area contributed by atoms with Crippen LogP contribution in [0.15, 0.2) is 24.3 Å². The molecule has 0 spiro atoms. The maximum absolute atomic E-state index is 10.4. The van der Waals surface area contributed by atoms with E-state index in [0.717, 1.165) is 5.56 Å². The molecule has 0 N–H and O–H groups in total. The van der Waals surface area contributed by atoms with Gasteiger partial charge in [0, 0.05) is 5.56 Å². The van der Waals surface area contributed by atoms with Gasteiger partial charge in [-0.25, -0.2) is 9.78 Å². The highest BCUT2D eigenvalue weighted by Crippen LogP contribution is 2.33. The molecule has 1 aromatic rings. The van der Waals surface area contributed by atoms with E-state index < -0.39 is 8.69 Å². The second-order valence-electron chi connectivity index (χ2n) is 2.62. The molecule has 0 radical (unpaired) electrons. The molecule has 0 bridgehead atoms. The molecule has 1 aliphatic heterocycles. The molecular formula is C8H9O4P. The van der Waals surface area contributed by atoms with Crippen LogP contribution in [-0.2, 0) is 14.3 Å². The maximum Gasteiger partial charge on any atom is 0.225 e. The van der Waals surface area contributed by atoms with Gasteiger partial charge in [-0.3, -0.25) is 4.57 Å². The minimum Gasteiger partial charge on any atom is -0.446 e. The van der Waals surface area contributed by atoms with Gasteiger partial charge in [0.2, 0.25) is 8.69 Å². The minimum atomic E-state index is -1.23. The van der Waals surface area contributed by atoms with Crippen LogP contribution in [0.1, 0.15) is 11.7 Å². The second-order valence-corrected chi connectivity index (χ2v) is 3.05. The number of rotatable bonds is 3. The Labute approximate surface area is 76.6 Å². The molecule has 13 heavy (non-hydrogen) atoms. The van der Waals surface area contributed by atoms with Crippen LogP contribution in [0.5, 0.6) is 5.75 Å². The van der Waals surface area contributed by atoms with E-state index in [1.807, 2.05) is 18.2 Å². The van der Waals surface area contributed by atoms with Gasteiger partial charge >= 0.3 is 0 Å². The first-order valence-electron chi connectivity index (χ1n) is 3.89. The van der Waals surface area contributed by atoms with Crippen molar-refractivity contribution in [3.05, 3.63) is 29.8 Å². The normalized spacial score (nSPS) is 21.7. The van der Waals surface area contributed by atoms with Gasteiger partial charge in [0.1, 0.15) is 18.5 Å². The molecule has 4 nitrogen and oxygen atoms in total. The molecule has 70 valence electrons. The summed E-state index contributed by atoms with van der Waals surface area (Å²) < 4.78 is 15.4. The van der Waals surface area contributed by atoms with Crippen molar-refractivity contribution in [1.82, 2.24) is 0 Å². The SMILES string of the molecule is O=[PH2]Oc1ccccc1C1COO1. The molecule has 2 atom stereocenters. The third-order valence-corrected chi connectivity index (χ3v) is 2.19. The van der Waals surface area contributed by atoms with Gasteiger partial charge < -0.3 is 4.52 Å². The number of hydrogen-bond acceptors (Lipinski definition) is 4. The van der Waals surface area contributed by atoms with Crippen LogP contribution in [0.25, 0.3) is 0 Å². The van der Waals surface area contributed by atoms with Gasteiger partial charge in [0.05, 0.1) is 0 Å². The zero-order valence-electron chi connectivity index (χ0n) is 6.80. The molecule has 1 heterocycles. The smallest absolute Gasteiger partial charge is 0.225 e. The van der Waals surface area contributed by atoms with Gasteiger partial charge in [0.25, 0.3) is 0 Å². The molecule has 0 saturated carbocycles. The summed E-state index contributed by atoms with van der Waals surface area (Å²) in [4.78, 5) is 9.43. The highest BCUT2D eigenvalue weighted by Gasteiger charge is 2.25. The van der Waals surface area contributed by atoms with Crippen molar-refractivity contribution >= 4 is 8.69 Å². The highest BCUT2D eigenvalue weighted by atomic mass is 31.1. The van der Waals surface area contributed by atoms with Crippen molar-refractivity contribution in [2.75, 3.05) is 6.61 Å². The molecule has 1 fully saturated rings. The van der Waals surface area contributed by atoms with E-state index in [4.69, 9.17) is 9.41 Å². The summed E-state index contributed by atoms with van der Waals surface area (Å²) in [6.07, 6.45) is -0.0813. The van der Waals surface area contributed by atoms with Crippen LogP contribution < -0.4 is 4.52 Å². The third kappa shape index (κ3) is 1.75. The Hall–Kier alpha value is -0.830. The van der Waals surface area contributed by atoms with Gasteiger partial charge in [-0.15, -0.1) is 0 Å². The first kappa shape index (κ1) is 8.75. The fraction of sp³-hybridized carbons (Fsp3) is 0.250. The Kier molecular flexibility index (Phi) is 2.64. The average Bonchev–Trinajstić information content (AvgIpc) is 2.05. The summed E-state index contributed by atoms with van der Waals surface area (Å²) >= 11 is 0. The van der Waals surface area contributed by atoms with Crippen molar-refractivity contribution in [1.29, 1.82) is 0 Å². The van der Waals surface area contributed by atoms with Crippen LogP contribution in [0.4, 0.5) is 0 Å². The monoisotopic (exact) mass is 200 g/mol. The molecule has 5 heteroatoms. The largest absolute Gasteiger partial charge is 0.446 e. The number of benzene rings is 1. The molecular weight excluding hydrogens is 191 g/mol. The summed E-state index contributed by atoms with van der Waals surface area (Å²) in [5.74, 6) is 0.612. The lowest BCUT2D eigenvalue weighted by atomic mass is 10.1. The zero-order valence-corrected chi connectivity index (χ0v) is 7.96. The summed E-state index contributed by atoms with van der Waals surface area (Å²) in [7, 11) is -1.23. The fourth-order valence-corrected chi connectivity index (χ4v) is 1.50. The Bertz CT molecular complexity index is 311. The first-order chi connectivity index (χ1) is 6.42. The standard InChI is InChI=1S/C8H9O4P/c9-13-12-7-4-2-1-3-6(7)8-5-10-11-8/h1-4,8H,5,13H2. The summed E-state index contributed by atoms with van der Waals surface area (Å²) in [5.41, 5.74) is 0.886. The van der Waals surface area contributed by atoms with Crippen LogP contribution in [0, 0.1) is 0 Å². The lowest BCUT2D eigenvalue weighted by Gasteiger charge is -2.25. The van der Waals surface area contributed by atoms with Crippen LogP contribution in [0.3, 0.4) is 0 Å². The van der Waals surface area contributed by atoms with E-state index in [1.165, 1.54) is 0 Å². The lowest BCUT2D eigenvalue weighted by Crippen LogP contribution is -2.22. The quantitative estimate of drug-likeness (QED) is 0.550. The van der Waals surface area contributed by atoms with Gasteiger partial charge in [-0.1, -0.05) is 18.2 Å². The average molecular weight is 200 g/mol. The number of hydrogen-bond donors (Lipinski definition) is 0. The van der Waals surface area contributed by atoms with E-state index in [0.29, 0.717) is 12.4 Å². The van der Waals surface area contributed by atoms with Crippen LogP contribution in [-0.4, -0.2) is 6.61 Å².